The number of methoxy groups -OCH3 is 1. The van der Waals surface area contributed by atoms with E-state index < -0.39 is 16.0 Å². The molecule has 0 radical (unpaired) electrons. The topological polar surface area (TPSA) is 89.7 Å². The van der Waals surface area contributed by atoms with Gasteiger partial charge in [0.15, 0.2) is 0 Å². The average molecular weight is 284 g/mol. The van der Waals surface area contributed by atoms with Crippen molar-refractivity contribution in [2.75, 3.05) is 20.2 Å². The van der Waals surface area contributed by atoms with Crippen molar-refractivity contribution in [1.29, 1.82) is 0 Å². The third kappa shape index (κ3) is 2.63. The zero-order valence-corrected chi connectivity index (χ0v) is 11.4. The second-order valence-electron chi connectivity index (χ2n) is 4.40. The van der Waals surface area contributed by atoms with Crippen molar-refractivity contribution in [3.05, 3.63) is 29.8 Å². The van der Waals surface area contributed by atoms with Crippen LogP contribution in [-0.2, 0) is 14.8 Å². The highest BCUT2D eigenvalue weighted by molar-refractivity contribution is 7.89. The van der Waals surface area contributed by atoms with Crippen LogP contribution in [-0.4, -0.2) is 44.9 Å². The lowest BCUT2D eigenvalue weighted by molar-refractivity contribution is 0.0596. The van der Waals surface area contributed by atoms with Crippen LogP contribution in [0.15, 0.2) is 29.2 Å². The van der Waals surface area contributed by atoms with Crippen molar-refractivity contribution in [3.8, 4) is 0 Å². The minimum atomic E-state index is -3.70. The fourth-order valence-corrected chi connectivity index (χ4v) is 3.77. The van der Waals surface area contributed by atoms with Gasteiger partial charge in [0.1, 0.15) is 0 Å². The number of benzene rings is 1. The first-order valence-electron chi connectivity index (χ1n) is 5.90. The monoisotopic (exact) mass is 284 g/mol. The first kappa shape index (κ1) is 14.0. The van der Waals surface area contributed by atoms with Crippen LogP contribution < -0.4 is 5.73 Å². The molecule has 1 unspecified atom stereocenters. The number of esters is 1. The summed E-state index contributed by atoms with van der Waals surface area (Å²) >= 11 is 0. The van der Waals surface area contributed by atoms with E-state index in [0.717, 1.165) is 0 Å². The molecule has 2 rings (SSSR count). The zero-order chi connectivity index (χ0) is 14.0. The van der Waals surface area contributed by atoms with Gasteiger partial charge in [-0.05, 0) is 18.6 Å². The SMILES string of the molecule is COC(=O)c1ccccc1S(=O)(=O)N1CCC(N)C1. The molecule has 2 N–H and O–H groups in total. The molecule has 1 aromatic rings. The van der Waals surface area contributed by atoms with Crippen LogP contribution in [0.5, 0.6) is 0 Å². The van der Waals surface area contributed by atoms with E-state index in [1.54, 1.807) is 12.1 Å². The molecule has 0 saturated carbocycles. The molecule has 6 nitrogen and oxygen atoms in total. The Kier molecular flexibility index (Phi) is 3.88. The highest BCUT2D eigenvalue weighted by Crippen LogP contribution is 2.23. The second kappa shape index (κ2) is 5.28. The smallest absolute Gasteiger partial charge is 0.339 e. The van der Waals surface area contributed by atoms with Gasteiger partial charge in [0, 0.05) is 19.1 Å². The minimum Gasteiger partial charge on any atom is -0.465 e. The van der Waals surface area contributed by atoms with Crippen molar-refractivity contribution in [1.82, 2.24) is 4.31 Å². The number of carbonyl (C=O) groups is 1. The zero-order valence-electron chi connectivity index (χ0n) is 10.6. The van der Waals surface area contributed by atoms with Crippen LogP contribution >= 0.6 is 0 Å². The van der Waals surface area contributed by atoms with Crippen LogP contribution in [0.2, 0.25) is 0 Å². The Balaban J connectivity index is 2.44. The van der Waals surface area contributed by atoms with Crippen LogP contribution in [0.1, 0.15) is 16.8 Å². The largest absolute Gasteiger partial charge is 0.465 e. The summed E-state index contributed by atoms with van der Waals surface area (Å²) < 4.78 is 30.9. The third-order valence-electron chi connectivity index (χ3n) is 3.10. The number of nitrogens with two attached hydrogens (primary N) is 1. The molecule has 1 aliphatic heterocycles. The van der Waals surface area contributed by atoms with E-state index in [9.17, 15) is 13.2 Å². The van der Waals surface area contributed by atoms with Gasteiger partial charge >= 0.3 is 5.97 Å². The van der Waals surface area contributed by atoms with Crippen LogP contribution in [0.25, 0.3) is 0 Å². The van der Waals surface area contributed by atoms with Gasteiger partial charge in [0.2, 0.25) is 10.0 Å². The van der Waals surface area contributed by atoms with Crippen LogP contribution in [0, 0.1) is 0 Å². The van der Waals surface area contributed by atoms with Gasteiger partial charge in [0.05, 0.1) is 17.6 Å². The Labute approximate surface area is 112 Å². The number of hydrogen-bond acceptors (Lipinski definition) is 5. The summed E-state index contributed by atoms with van der Waals surface area (Å²) in [6.45, 7) is 0.650. The summed E-state index contributed by atoms with van der Waals surface area (Å²) in [5.74, 6) is -0.664. The molecule has 0 aromatic heterocycles. The summed E-state index contributed by atoms with van der Waals surface area (Å²) in [6.07, 6.45) is 0.625. The van der Waals surface area contributed by atoms with Gasteiger partial charge in [-0.25, -0.2) is 13.2 Å². The highest BCUT2D eigenvalue weighted by Gasteiger charge is 2.33. The number of hydrogen-bond donors (Lipinski definition) is 1. The van der Waals surface area contributed by atoms with E-state index in [4.69, 9.17) is 5.73 Å². The van der Waals surface area contributed by atoms with Crippen LogP contribution in [0.4, 0.5) is 0 Å². The van der Waals surface area contributed by atoms with Crippen molar-refractivity contribution < 1.29 is 17.9 Å². The number of rotatable bonds is 3. The summed E-state index contributed by atoms with van der Waals surface area (Å²) in [5.41, 5.74) is 5.77. The fourth-order valence-electron chi connectivity index (χ4n) is 2.08. The molecular formula is C12H16N2O4S. The van der Waals surface area contributed by atoms with E-state index in [0.29, 0.717) is 13.0 Å². The lowest BCUT2D eigenvalue weighted by atomic mass is 10.2. The van der Waals surface area contributed by atoms with E-state index in [1.165, 1.54) is 23.5 Å². The molecule has 0 aliphatic carbocycles. The highest BCUT2D eigenvalue weighted by atomic mass is 32.2. The maximum Gasteiger partial charge on any atom is 0.339 e. The lowest BCUT2D eigenvalue weighted by Crippen LogP contribution is -2.32. The molecule has 1 aliphatic rings. The normalized spacial score (nSPS) is 20.4. The molecule has 0 spiro atoms. The lowest BCUT2D eigenvalue weighted by Gasteiger charge is -2.17. The first-order chi connectivity index (χ1) is 8.96. The number of sulfonamides is 1. The van der Waals surface area contributed by atoms with Gasteiger partial charge in [0.25, 0.3) is 0 Å². The number of carbonyl (C=O) groups excluding carboxylic acids is 1. The molecule has 1 heterocycles. The summed E-state index contributed by atoms with van der Waals surface area (Å²) in [7, 11) is -2.49. The molecule has 1 saturated heterocycles. The van der Waals surface area contributed by atoms with Gasteiger partial charge in [-0.2, -0.15) is 4.31 Å². The number of nitrogens with zero attached hydrogens (tertiary/aromatic N) is 1. The molecular weight excluding hydrogens is 268 g/mol. The molecule has 19 heavy (non-hydrogen) atoms. The Hall–Kier alpha value is -1.44. The van der Waals surface area contributed by atoms with E-state index >= 15 is 0 Å². The average Bonchev–Trinajstić information content (AvgIpc) is 2.85. The van der Waals surface area contributed by atoms with Crippen LogP contribution in [0.3, 0.4) is 0 Å². The maximum absolute atomic E-state index is 12.5. The summed E-state index contributed by atoms with van der Waals surface area (Å²) in [5, 5.41) is 0. The van der Waals surface area contributed by atoms with Gasteiger partial charge in [-0.3, -0.25) is 0 Å². The van der Waals surface area contributed by atoms with Gasteiger partial charge < -0.3 is 10.5 Å². The minimum absolute atomic E-state index is 0.0315. The molecule has 1 aromatic carbocycles. The molecule has 7 heteroatoms. The van der Waals surface area contributed by atoms with Crippen molar-refractivity contribution in [3.63, 3.8) is 0 Å². The first-order valence-corrected chi connectivity index (χ1v) is 7.34. The quantitative estimate of drug-likeness (QED) is 0.801. The third-order valence-corrected chi connectivity index (χ3v) is 5.02. The standard InChI is InChI=1S/C12H16N2O4S/c1-18-12(15)10-4-2-3-5-11(10)19(16,17)14-7-6-9(13)8-14/h2-5,9H,6-8,13H2,1H3. The Morgan fingerprint density at radius 1 is 1.42 bits per heavy atom. The molecule has 1 fully saturated rings. The summed E-state index contributed by atoms with van der Waals surface area (Å²) in [4.78, 5) is 11.6. The summed E-state index contributed by atoms with van der Waals surface area (Å²) in [6, 6.07) is 5.87. The number of ether oxygens (including phenoxy) is 1. The molecule has 0 bridgehead atoms. The van der Waals surface area contributed by atoms with Crippen molar-refractivity contribution in [2.45, 2.75) is 17.4 Å². The van der Waals surface area contributed by atoms with E-state index in [1.807, 2.05) is 0 Å². The van der Waals surface area contributed by atoms with Gasteiger partial charge in [-0.15, -0.1) is 0 Å². The predicted molar refractivity (Wildman–Crippen MR) is 69.1 cm³/mol. The van der Waals surface area contributed by atoms with Crippen molar-refractivity contribution >= 4 is 16.0 Å². The van der Waals surface area contributed by atoms with E-state index in [2.05, 4.69) is 4.74 Å². The Morgan fingerprint density at radius 2 is 2.11 bits per heavy atom. The Bertz CT molecular complexity index is 585. The fraction of sp³-hybridized carbons (Fsp3) is 0.417. The maximum atomic E-state index is 12.5. The van der Waals surface area contributed by atoms with Gasteiger partial charge in [-0.1, -0.05) is 12.1 Å². The van der Waals surface area contributed by atoms with Crippen molar-refractivity contribution in [2.24, 2.45) is 5.73 Å². The second-order valence-corrected chi connectivity index (χ2v) is 6.31. The molecule has 0 amide bonds. The molecule has 1 atom stereocenters. The molecule has 104 valence electrons. The Morgan fingerprint density at radius 3 is 2.68 bits per heavy atom. The predicted octanol–water partition coefficient (Wildman–Crippen LogP) is 0.195. The van der Waals surface area contributed by atoms with E-state index in [-0.39, 0.29) is 23.0 Å².